The Morgan fingerprint density at radius 1 is 1.56 bits per heavy atom. The van der Waals surface area contributed by atoms with Crippen molar-refractivity contribution in [3.05, 3.63) is 33.9 Å². The first-order valence-corrected chi connectivity index (χ1v) is 5.16. The van der Waals surface area contributed by atoms with Gasteiger partial charge in [-0.1, -0.05) is 0 Å². The van der Waals surface area contributed by atoms with E-state index >= 15 is 0 Å². The molecule has 94 valence electrons. The number of carbonyl (C=O) groups excluding carboxylic acids is 1. The third kappa shape index (κ3) is 2.95. The fourth-order valence-electron chi connectivity index (χ4n) is 1.38. The molecular formula is C11H12N4O3. The number of nitriles is 1. The molecule has 0 aliphatic rings. The number of amides is 1. The van der Waals surface area contributed by atoms with E-state index in [1.54, 1.807) is 6.92 Å². The molecule has 0 heterocycles. The molecule has 2 N–H and O–H groups in total. The molecule has 1 aromatic rings. The predicted octanol–water partition coefficient (Wildman–Crippen LogP) is 1.01. The van der Waals surface area contributed by atoms with Gasteiger partial charge in [0.05, 0.1) is 16.2 Å². The van der Waals surface area contributed by atoms with Crippen molar-refractivity contribution in [3.8, 4) is 6.07 Å². The van der Waals surface area contributed by atoms with Crippen molar-refractivity contribution in [2.75, 3.05) is 12.4 Å². The lowest BCUT2D eigenvalue weighted by atomic mass is 10.1. The number of anilines is 1. The number of likely N-dealkylation sites (N-methyl/N-ethyl adjacent to an activating group) is 1. The van der Waals surface area contributed by atoms with Crippen molar-refractivity contribution in [1.82, 2.24) is 5.32 Å². The summed E-state index contributed by atoms with van der Waals surface area (Å²) in [4.78, 5) is 21.3. The molecule has 18 heavy (non-hydrogen) atoms. The molecule has 0 bridgehead atoms. The van der Waals surface area contributed by atoms with Crippen molar-refractivity contribution in [2.24, 2.45) is 0 Å². The molecule has 1 rings (SSSR count). The zero-order valence-electron chi connectivity index (χ0n) is 9.93. The van der Waals surface area contributed by atoms with E-state index < -0.39 is 11.0 Å². The van der Waals surface area contributed by atoms with Crippen LogP contribution in [0.1, 0.15) is 12.5 Å². The fourth-order valence-corrected chi connectivity index (χ4v) is 1.38. The first kappa shape index (κ1) is 13.4. The Hall–Kier alpha value is -2.62. The highest BCUT2D eigenvalue weighted by Crippen LogP contribution is 2.21. The minimum absolute atomic E-state index is 0.125. The zero-order valence-corrected chi connectivity index (χ0v) is 9.93. The van der Waals surface area contributed by atoms with Gasteiger partial charge in [0.25, 0.3) is 5.69 Å². The number of nitro benzene ring substituents is 1. The third-order valence-electron chi connectivity index (χ3n) is 2.35. The van der Waals surface area contributed by atoms with Gasteiger partial charge in [0.15, 0.2) is 0 Å². The summed E-state index contributed by atoms with van der Waals surface area (Å²) in [5.74, 6) is -0.239. The maximum absolute atomic E-state index is 11.3. The van der Waals surface area contributed by atoms with Crippen molar-refractivity contribution < 1.29 is 9.72 Å². The predicted molar refractivity (Wildman–Crippen MR) is 65.0 cm³/mol. The number of rotatable bonds is 4. The SMILES string of the molecule is CNC(=O)C(C)Nc1ccc([N+](=O)[O-])cc1C#N. The summed E-state index contributed by atoms with van der Waals surface area (Å²) < 4.78 is 0. The Bertz CT molecular complexity index is 522. The molecule has 0 saturated heterocycles. The van der Waals surface area contributed by atoms with Crippen LogP contribution in [0.4, 0.5) is 11.4 Å². The number of carbonyl (C=O) groups is 1. The minimum Gasteiger partial charge on any atom is -0.373 e. The summed E-state index contributed by atoms with van der Waals surface area (Å²) in [7, 11) is 1.50. The molecule has 7 nitrogen and oxygen atoms in total. The monoisotopic (exact) mass is 248 g/mol. The quantitative estimate of drug-likeness (QED) is 0.610. The van der Waals surface area contributed by atoms with Gasteiger partial charge in [-0.05, 0) is 13.0 Å². The van der Waals surface area contributed by atoms with Crippen molar-refractivity contribution in [1.29, 1.82) is 5.26 Å². The van der Waals surface area contributed by atoms with Gasteiger partial charge in [-0.25, -0.2) is 0 Å². The first-order chi connectivity index (χ1) is 8.49. The molecule has 1 atom stereocenters. The Kier molecular flexibility index (Phi) is 4.21. The van der Waals surface area contributed by atoms with Crippen LogP contribution in [0.15, 0.2) is 18.2 Å². The molecule has 0 aliphatic heterocycles. The molecule has 0 spiro atoms. The molecule has 1 unspecified atom stereocenters. The van der Waals surface area contributed by atoms with E-state index in [9.17, 15) is 14.9 Å². The number of hydrogen-bond donors (Lipinski definition) is 2. The van der Waals surface area contributed by atoms with E-state index in [0.717, 1.165) is 0 Å². The zero-order chi connectivity index (χ0) is 13.7. The molecule has 0 aliphatic carbocycles. The summed E-state index contributed by atoms with van der Waals surface area (Å²) in [5.41, 5.74) is 0.351. The molecule has 0 aromatic heterocycles. The molecular weight excluding hydrogens is 236 g/mol. The van der Waals surface area contributed by atoms with Crippen LogP contribution >= 0.6 is 0 Å². The Morgan fingerprint density at radius 2 is 2.22 bits per heavy atom. The summed E-state index contributed by atoms with van der Waals surface area (Å²) in [6.07, 6.45) is 0. The van der Waals surface area contributed by atoms with E-state index in [0.29, 0.717) is 5.69 Å². The highest BCUT2D eigenvalue weighted by molar-refractivity contribution is 5.84. The molecule has 0 saturated carbocycles. The average Bonchev–Trinajstić information content (AvgIpc) is 2.37. The fraction of sp³-hybridized carbons (Fsp3) is 0.273. The molecule has 7 heteroatoms. The average molecular weight is 248 g/mol. The van der Waals surface area contributed by atoms with Gasteiger partial charge in [0.2, 0.25) is 5.91 Å². The van der Waals surface area contributed by atoms with Crippen molar-refractivity contribution in [2.45, 2.75) is 13.0 Å². The van der Waals surface area contributed by atoms with E-state index in [4.69, 9.17) is 5.26 Å². The molecule has 1 amide bonds. The maximum atomic E-state index is 11.3. The molecule has 1 aromatic carbocycles. The lowest BCUT2D eigenvalue weighted by Gasteiger charge is -2.14. The van der Waals surface area contributed by atoms with Gasteiger partial charge in [-0.2, -0.15) is 5.26 Å². The number of nitrogens with one attached hydrogen (secondary N) is 2. The first-order valence-electron chi connectivity index (χ1n) is 5.16. The van der Waals surface area contributed by atoms with Crippen LogP contribution < -0.4 is 10.6 Å². The standard InChI is InChI=1S/C11H12N4O3/c1-7(11(16)13-2)14-10-4-3-9(15(17)18)5-8(10)6-12/h3-5,7,14H,1-2H3,(H,13,16). The van der Waals surface area contributed by atoms with Gasteiger partial charge >= 0.3 is 0 Å². The Morgan fingerprint density at radius 3 is 2.72 bits per heavy atom. The number of benzene rings is 1. The van der Waals surface area contributed by atoms with Crippen LogP contribution in [0.5, 0.6) is 0 Å². The second kappa shape index (κ2) is 5.63. The van der Waals surface area contributed by atoms with Crippen molar-refractivity contribution in [3.63, 3.8) is 0 Å². The number of nitrogens with zero attached hydrogens (tertiary/aromatic N) is 2. The van der Waals surface area contributed by atoms with Crippen molar-refractivity contribution >= 4 is 17.3 Å². The van der Waals surface area contributed by atoms with Crippen LogP contribution in [0.3, 0.4) is 0 Å². The topological polar surface area (TPSA) is 108 Å². The summed E-state index contributed by atoms with van der Waals surface area (Å²) in [6, 6.07) is 5.17. The highest BCUT2D eigenvalue weighted by atomic mass is 16.6. The Labute approximate surface area is 104 Å². The van der Waals surface area contributed by atoms with E-state index in [1.807, 2.05) is 6.07 Å². The maximum Gasteiger partial charge on any atom is 0.270 e. The van der Waals surface area contributed by atoms with Gasteiger partial charge in [-0.3, -0.25) is 14.9 Å². The minimum atomic E-state index is -0.577. The second-order valence-electron chi connectivity index (χ2n) is 3.58. The molecule has 0 radical (unpaired) electrons. The lowest BCUT2D eigenvalue weighted by Crippen LogP contribution is -2.35. The van der Waals surface area contributed by atoms with E-state index in [2.05, 4.69) is 10.6 Å². The van der Waals surface area contributed by atoms with Gasteiger partial charge in [0, 0.05) is 19.2 Å². The normalized spacial score (nSPS) is 11.2. The second-order valence-corrected chi connectivity index (χ2v) is 3.58. The summed E-state index contributed by atoms with van der Waals surface area (Å²) >= 11 is 0. The Balaban J connectivity index is 3.00. The van der Waals surface area contributed by atoms with Gasteiger partial charge in [0.1, 0.15) is 12.1 Å². The number of nitro groups is 1. The van der Waals surface area contributed by atoms with Crippen LogP contribution in [-0.4, -0.2) is 23.9 Å². The van der Waals surface area contributed by atoms with Crippen LogP contribution in [0.25, 0.3) is 0 Å². The lowest BCUT2D eigenvalue weighted by molar-refractivity contribution is -0.384. The van der Waals surface area contributed by atoms with Crippen LogP contribution in [-0.2, 0) is 4.79 Å². The van der Waals surface area contributed by atoms with Crippen LogP contribution in [0.2, 0.25) is 0 Å². The summed E-state index contributed by atoms with van der Waals surface area (Å²) in [5, 5.41) is 24.8. The van der Waals surface area contributed by atoms with Crippen LogP contribution in [0, 0.1) is 21.4 Å². The number of hydrogen-bond acceptors (Lipinski definition) is 5. The van der Waals surface area contributed by atoms with E-state index in [1.165, 1.54) is 25.2 Å². The largest absolute Gasteiger partial charge is 0.373 e. The van der Waals surface area contributed by atoms with E-state index in [-0.39, 0.29) is 17.2 Å². The highest BCUT2D eigenvalue weighted by Gasteiger charge is 2.15. The third-order valence-corrected chi connectivity index (χ3v) is 2.35. The van der Waals surface area contributed by atoms with Gasteiger partial charge in [-0.15, -0.1) is 0 Å². The number of non-ortho nitro benzene ring substituents is 1. The smallest absolute Gasteiger partial charge is 0.270 e. The summed E-state index contributed by atoms with van der Waals surface area (Å²) in [6.45, 7) is 1.63. The van der Waals surface area contributed by atoms with Gasteiger partial charge < -0.3 is 10.6 Å². The molecule has 0 fully saturated rings.